The number of nitrogens with zero attached hydrogens (tertiary/aromatic N) is 4. The molecule has 1 aliphatic rings. The van der Waals surface area contributed by atoms with E-state index < -0.39 is 90.5 Å². The van der Waals surface area contributed by atoms with Crippen molar-refractivity contribution >= 4 is 80.9 Å². The number of phosphoric ester groups is 3. The van der Waals surface area contributed by atoms with E-state index in [1.165, 1.54) is 13.8 Å². The summed E-state index contributed by atoms with van der Waals surface area (Å²) in [5.74, 6) is -2.64. The van der Waals surface area contributed by atoms with Gasteiger partial charge in [0.15, 0.2) is 22.8 Å². The number of nitrogens with two attached hydrogens (primary N) is 1. The van der Waals surface area contributed by atoms with Crippen LogP contribution in [0.25, 0.3) is 11.2 Å². The second kappa shape index (κ2) is 27.9. The van der Waals surface area contributed by atoms with Gasteiger partial charge in [-0.1, -0.05) is 77.0 Å². The first-order chi connectivity index (χ1) is 31.8. The molecule has 0 aromatic carbocycles. The van der Waals surface area contributed by atoms with Crippen LogP contribution in [0.1, 0.15) is 110 Å². The monoisotopic (exact) mass is 1040 g/mol. The molecule has 2 aromatic rings. The molecule has 3 rings (SSSR count). The van der Waals surface area contributed by atoms with Crippen LogP contribution in [0.4, 0.5) is 5.82 Å². The van der Waals surface area contributed by atoms with Gasteiger partial charge in [0.25, 0.3) is 15.6 Å². The van der Waals surface area contributed by atoms with Gasteiger partial charge in [-0.05, 0) is 19.3 Å². The number of fused-ring (bicyclic) bond motifs is 1. The average molecular weight is 1040 g/mol. The summed E-state index contributed by atoms with van der Waals surface area (Å²) < 4.78 is 60.7. The van der Waals surface area contributed by atoms with Crippen molar-refractivity contribution < 1.29 is 95.2 Å². The molecule has 0 spiro atoms. The topological polar surface area (TPSA) is 432 Å². The van der Waals surface area contributed by atoms with E-state index in [1.54, 1.807) is 0 Å². The standard InChI is InChI=1S/C37H62N7O20P3S/c1-37(2,32(51)35(52)40-16-15-26(46)39-17-18-68-28(49)19-24(45)13-11-9-7-5-3-4-6-8-10-12-14-27(47)48)21-61-67(58,59)64-66(56,57)60-20-25-31(63-65(53,54)55)30(50)36(62-25)44-23-43-29-33(38)41-22-42-34(29)44/h22-23,25,30-32,36,50-51H,3-21H2,1-2H3,(H,39,46)(H,40,52)(H,47,48)(H,56,57)(H,58,59)(H2,38,41,42)(H2,53,54,55)/p-5/t25-,30-,31-,32+,36-/m1/s1. The van der Waals surface area contributed by atoms with Crippen molar-refractivity contribution in [3.05, 3.63) is 12.7 Å². The first kappa shape index (κ1) is 59.0. The third-order valence-electron chi connectivity index (χ3n) is 10.2. The number of aromatic nitrogens is 4. The van der Waals surface area contributed by atoms with Gasteiger partial charge in [0, 0.05) is 43.1 Å². The highest BCUT2D eigenvalue weighted by atomic mass is 32.2. The Kier molecular flexibility index (Phi) is 24.2. The molecule has 1 fully saturated rings. The number of aliphatic carboxylic acids is 1. The minimum atomic E-state index is -5.94. The minimum Gasteiger partial charge on any atom is -0.790 e. The van der Waals surface area contributed by atoms with Gasteiger partial charge in [0.1, 0.15) is 42.0 Å². The van der Waals surface area contributed by atoms with Gasteiger partial charge in [-0.3, -0.25) is 32.9 Å². The maximum Gasteiger partial charge on any atom is 0.274 e. The molecular weight excluding hydrogens is 987 g/mol. The van der Waals surface area contributed by atoms with Crippen molar-refractivity contribution in [2.75, 3.05) is 37.8 Å². The zero-order chi connectivity index (χ0) is 50.7. The van der Waals surface area contributed by atoms with Crippen molar-refractivity contribution in [1.82, 2.24) is 30.2 Å². The lowest BCUT2D eigenvalue weighted by molar-refractivity contribution is -0.347. The number of carbonyl (C=O) groups is 5. The van der Waals surface area contributed by atoms with Crippen LogP contribution in [0.5, 0.6) is 0 Å². The normalized spacial score (nSPS) is 19.8. The molecule has 68 heavy (non-hydrogen) atoms. The Morgan fingerprint density at radius 2 is 1.49 bits per heavy atom. The van der Waals surface area contributed by atoms with Gasteiger partial charge in [-0.2, -0.15) is 0 Å². The van der Waals surface area contributed by atoms with Crippen LogP contribution in [0, 0.1) is 5.41 Å². The number of carboxylic acid groups (broad SMARTS) is 1. The van der Waals surface area contributed by atoms with Crippen molar-refractivity contribution in [3.8, 4) is 0 Å². The van der Waals surface area contributed by atoms with Crippen LogP contribution in [0.15, 0.2) is 12.7 Å². The highest BCUT2D eigenvalue weighted by molar-refractivity contribution is 8.13. The summed E-state index contributed by atoms with van der Waals surface area (Å²) in [7, 11) is -17.7. The Labute approximate surface area is 395 Å². The number of anilines is 1. The molecule has 2 aromatic heterocycles. The van der Waals surface area contributed by atoms with Gasteiger partial charge >= 0.3 is 0 Å². The molecule has 31 heteroatoms. The predicted octanol–water partition coefficient (Wildman–Crippen LogP) is -1.47. The third kappa shape index (κ3) is 21.4. The number of ketones is 1. The summed E-state index contributed by atoms with van der Waals surface area (Å²) in [5.41, 5.74) is 4.02. The van der Waals surface area contributed by atoms with Crippen LogP contribution < -0.4 is 41.0 Å². The maximum absolute atomic E-state index is 12.6. The molecule has 1 saturated heterocycles. The number of ether oxygens (including phenoxy) is 1. The van der Waals surface area contributed by atoms with Gasteiger partial charge in [0.2, 0.25) is 11.8 Å². The van der Waals surface area contributed by atoms with Crippen LogP contribution in [0.3, 0.4) is 0 Å². The summed E-state index contributed by atoms with van der Waals surface area (Å²) in [5, 5.41) is 36.3. The van der Waals surface area contributed by atoms with Crippen LogP contribution in [-0.4, -0.2) is 115 Å². The molecule has 0 radical (unpaired) electrons. The van der Waals surface area contributed by atoms with Gasteiger partial charge in [-0.15, -0.1) is 0 Å². The smallest absolute Gasteiger partial charge is 0.274 e. The van der Waals surface area contributed by atoms with E-state index in [2.05, 4.69) is 43.5 Å². The van der Waals surface area contributed by atoms with E-state index in [1.807, 2.05) is 0 Å². The Balaban J connectivity index is 1.31. The number of amides is 2. The number of nitrogen functional groups attached to an aromatic ring is 1. The Morgan fingerprint density at radius 1 is 0.882 bits per heavy atom. The SMILES string of the molecule is CC(C)(COP(=O)([O-])OP(=O)([O-])OC[C@H]1O[C@@H](n2cnc3c(N)ncnc32)[C@H](O)[C@@H]1OP(=O)([O-])[O-])[C@@H](O)C(=O)NCCC(=O)NCCSC(=O)CC(=O)CCCCCCCCCCCCC(=O)[O-]. The lowest BCUT2D eigenvalue weighted by Crippen LogP contribution is -2.46. The average Bonchev–Trinajstić information content (AvgIpc) is 3.80. The highest BCUT2D eigenvalue weighted by Gasteiger charge is 2.47. The number of hydrogen-bond acceptors (Lipinski definition) is 25. The number of thioether (sulfide) groups is 1. The first-order valence-corrected chi connectivity index (χ1v) is 26.9. The van der Waals surface area contributed by atoms with Crippen LogP contribution >= 0.6 is 35.2 Å². The Hall–Kier alpha value is -3.30. The van der Waals surface area contributed by atoms with Gasteiger partial charge < -0.3 is 78.9 Å². The minimum absolute atomic E-state index is 0.0321. The number of rotatable bonds is 34. The molecule has 7 atom stereocenters. The molecular formula is C37H57N7O20P3S-5. The summed E-state index contributed by atoms with van der Waals surface area (Å²) in [4.78, 5) is 119. The second-order valence-corrected chi connectivity index (χ2v) is 21.5. The predicted molar refractivity (Wildman–Crippen MR) is 228 cm³/mol. The summed E-state index contributed by atoms with van der Waals surface area (Å²) in [6, 6.07) is 0. The number of phosphoric acid groups is 3. The van der Waals surface area contributed by atoms with Gasteiger partial charge in [-0.25, -0.2) is 19.3 Å². The van der Waals surface area contributed by atoms with Crippen LogP contribution in [-0.2, 0) is 60.3 Å². The molecule has 27 nitrogen and oxygen atoms in total. The molecule has 1 aliphatic heterocycles. The summed E-state index contributed by atoms with van der Waals surface area (Å²) >= 11 is 0.895. The number of Topliss-reactive ketones (excluding diaryl/α,β-unsaturated/α-hetero) is 1. The second-order valence-electron chi connectivity index (χ2n) is 16.3. The number of imidazole rings is 1. The van der Waals surface area contributed by atoms with Crippen LogP contribution in [0.2, 0.25) is 0 Å². The number of carbonyl (C=O) groups excluding carboxylic acids is 5. The van der Waals surface area contributed by atoms with E-state index in [0.29, 0.717) is 19.3 Å². The van der Waals surface area contributed by atoms with E-state index >= 15 is 0 Å². The van der Waals surface area contributed by atoms with Crippen molar-refractivity contribution in [3.63, 3.8) is 0 Å². The molecule has 386 valence electrons. The van der Waals surface area contributed by atoms with Gasteiger partial charge in [0.05, 0.1) is 33.8 Å². The number of hydrogen-bond donors (Lipinski definition) is 5. The maximum atomic E-state index is 12.6. The van der Waals surface area contributed by atoms with Crippen molar-refractivity contribution in [1.29, 1.82) is 0 Å². The fourth-order valence-corrected chi connectivity index (χ4v) is 10.0. The fourth-order valence-electron chi connectivity index (χ4n) is 6.58. The first-order valence-electron chi connectivity index (χ1n) is 21.5. The van der Waals surface area contributed by atoms with E-state index in [-0.39, 0.29) is 66.0 Å². The molecule has 6 N–H and O–H groups in total. The number of aliphatic hydroxyl groups excluding tert-OH is 2. The molecule has 2 amide bonds. The lowest BCUT2D eigenvalue weighted by Gasteiger charge is -2.36. The molecule has 0 aliphatic carbocycles. The molecule has 0 saturated carbocycles. The van der Waals surface area contributed by atoms with Crippen molar-refractivity contribution in [2.24, 2.45) is 5.41 Å². The summed E-state index contributed by atoms with van der Waals surface area (Å²) in [6.07, 6.45) is 1.74. The zero-order valence-corrected chi connectivity index (χ0v) is 40.8. The quantitative estimate of drug-likeness (QED) is 0.0303. The Bertz CT molecular complexity index is 2150. The number of carboxylic acids is 1. The third-order valence-corrected chi connectivity index (χ3v) is 14.1. The number of nitrogens with one attached hydrogen (secondary N) is 2. The summed E-state index contributed by atoms with van der Waals surface area (Å²) in [6.45, 7) is -0.145. The highest BCUT2D eigenvalue weighted by Crippen LogP contribution is 2.56. The largest absolute Gasteiger partial charge is 0.790 e. The Morgan fingerprint density at radius 3 is 2.10 bits per heavy atom. The molecule has 3 heterocycles. The van der Waals surface area contributed by atoms with E-state index in [0.717, 1.165) is 80.4 Å². The van der Waals surface area contributed by atoms with E-state index in [4.69, 9.17) is 10.5 Å². The number of unbranched alkanes of at least 4 members (excludes halogenated alkanes) is 9. The molecule has 2 unspecified atom stereocenters. The lowest BCUT2D eigenvalue weighted by atomic mass is 9.87. The number of aliphatic hydroxyl groups is 2. The van der Waals surface area contributed by atoms with E-state index in [9.17, 15) is 72.6 Å². The molecule has 0 bridgehead atoms. The fraction of sp³-hybridized carbons (Fsp3) is 0.730. The van der Waals surface area contributed by atoms with Crippen molar-refractivity contribution in [2.45, 2.75) is 134 Å². The zero-order valence-electron chi connectivity index (χ0n) is 37.3.